The summed E-state index contributed by atoms with van der Waals surface area (Å²) in [7, 11) is 0. The minimum Gasteiger partial charge on any atom is -0.486 e. The van der Waals surface area contributed by atoms with Gasteiger partial charge in [0.25, 0.3) is 0 Å². The Labute approximate surface area is 197 Å². The van der Waals surface area contributed by atoms with Crippen molar-refractivity contribution in [1.29, 1.82) is 0 Å². The van der Waals surface area contributed by atoms with E-state index in [1.54, 1.807) is 17.1 Å². The summed E-state index contributed by atoms with van der Waals surface area (Å²) in [5.74, 6) is 1.47. The Morgan fingerprint density at radius 3 is 2.76 bits per heavy atom. The maximum absolute atomic E-state index is 10.9. The Morgan fingerprint density at radius 1 is 1.18 bits per heavy atom. The number of nitrogens with zero attached hydrogens (tertiary/aromatic N) is 4. The monoisotopic (exact) mass is 462 g/mol. The van der Waals surface area contributed by atoms with E-state index in [0.717, 1.165) is 22.4 Å². The van der Waals surface area contributed by atoms with Gasteiger partial charge >= 0.3 is 5.97 Å². The molecule has 1 aromatic carbocycles. The van der Waals surface area contributed by atoms with E-state index in [-0.39, 0.29) is 13.0 Å². The van der Waals surface area contributed by atoms with Crippen LogP contribution in [-0.4, -0.2) is 37.4 Å². The van der Waals surface area contributed by atoms with Crippen LogP contribution in [0.1, 0.15) is 35.9 Å². The Kier molecular flexibility index (Phi) is 7.22. The number of aliphatic carboxylic acids is 1. The molecule has 3 heterocycles. The number of hydrogen-bond donors (Lipinski definition) is 1. The van der Waals surface area contributed by atoms with E-state index in [9.17, 15) is 4.79 Å². The standard InChI is InChI=1S/C25H26N4O5/c1-3-32-25-20(9-10-23(30)31)15-29(28-25)14-18-11-21(13-26-12-18)33-16-22-17(2)34-24(27-22)19-7-5-4-6-8-19/h4-8,11-13,15H,3,9-10,14,16H2,1-2H3,(H,30,31). The van der Waals surface area contributed by atoms with Gasteiger partial charge in [-0.15, -0.1) is 5.10 Å². The molecule has 0 amide bonds. The molecule has 0 saturated heterocycles. The minimum absolute atomic E-state index is 0.0180. The molecule has 4 rings (SSSR count). The van der Waals surface area contributed by atoms with Gasteiger partial charge in [-0.3, -0.25) is 14.5 Å². The number of pyridine rings is 1. The van der Waals surface area contributed by atoms with E-state index >= 15 is 0 Å². The molecule has 176 valence electrons. The van der Waals surface area contributed by atoms with Crippen molar-refractivity contribution in [2.24, 2.45) is 0 Å². The van der Waals surface area contributed by atoms with E-state index in [0.29, 0.717) is 42.9 Å². The van der Waals surface area contributed by atoms with Crippen molar-refractivity contribution in [3.05, 3.63) is 77.6 Å². The van der Waals surface area contributed by atoms with Crippen LogP contribution in [0.25, 0.3) is 11.5 Å². The average Bonchev–Trinajstić information content (AvgIpc) is 3.40. The lowest BCUT2D eigenvalue weighted by Gasteiger charge is -2.07. The summed E-state index contributed by atoms with van der Waals surface area (Å²) < 4.78 is 19.0. The average molecular weight is 463 g/mol. The van der Waals surface area contributed by atoms with Crippen molar-refractivity contribution >= 4 is 5.97 Å². The number of carboxylic acids is 1. The lowest BCUT2D eigenvalue weighted by Crippen LogP contribution is -2.03. The second-order valence-electron chi connectivity index (χ2n) is 7.69. The number of ether oxygens (including phenoxy) is 2. The number of benzene rings is 1. The minimum atomic E-state index is -0.859. The van der Waals surface area contributed by atoms with E-state index in [1.807, 2.05) is 56.4 Å². The van der Waals surface area contributed by atoms with Crippen molar-refractivity contribution in [3.63, 3.8) is 0 Å². The highest BCUT2D eigenvalue weighted by molar-refractivity contribution is 5.67. The van der Waals surface area contributed by atoms with Gasteiger partial charge in [-0.25, -0.2) is 4.98 Å². The van der Waals surface area contributed by atoms with Crippen LogP contribution in [-0.2, 0) is 24.4 Å². The van der Waals surface area contributed by atoms with E-state index in [4.69, 9.17) is 19.0 Å². The zero-order chi connectivity index (χ0) is 23.9. The third kappa shape index (κ3) is 5.80. The molecule has 34 heavy (non-hydrogen) atoms. The first kappa shape index (κ1) is 23.0. The van der Waals surface area contributed by atoms with Crippen LogP contribution >= 0.6 is 0 Å². The summed E-state index contributed by atoms with van der Waals surface area (Å²) in [6.07, 6.45) is 5.56. The quantitative estimate of drug-likeness (QED) is 0.351. The number of oxazole rings is 1. The third-order valence-electron chi connectivity index (χ3n) is 5.09. The molecular weight excluding hydrogens is 436 g/mol. The molecule has 0 atom stereocenters. The highest BCUT2D eigenvalue weighted by Gasteiger charge is 2.14. The van der Waals surface area contributed by atoms with Crippen LogP contribution in [0.5, 0.6) is 11.6 Å². The van der Waals surface area contributed by atoms with Crippen molar-refractivity contribution in [3.8, 4) is 23.1 Å². The fourth-order valence-electron chi connectivity index (χ4n) is 3.43. The Morgan fingerprint density at radius 2 is 2.00 bits per heavy atom. The molecule has 9 heteroatoms. The van der Waals surface area contributed by atoms with Gasteiger partial charge in [-0.2, -0.15) is 0 Å². The van der Waals surface area contributed by atoms with Crippen molar-refractivity contribution in [2.45, 2.75) is 39.8 Å². The zero-order valence-electron chi connectivity index (χ0n) is 19.1. The number of aromatic nitrogens is 4. The van der Waals surface area contributed by atoms with Gasteiger partial charge in [0.05, 0.1) is 19.3 Å². The molecule has 0 aliphatic heterocycles. The molecule has 0 bridgehead atoms. The van der Waals surface area contributed by atoms with Gasteiger partial charge in [0.2, 0.25) is 11.8 Å². The highest BCUT2D eigenvalue weighted by Crippen LogP contribution is 2.23. The van der Waals surface area contributed by atoms with E-state index in [2.05, 4.69) is 15.1 Å². The van der Waals surface area contributed by atoms with Crippen LogP contribution in [0.3, 0.4) is 0 Å². The van der Waals surface area contributed by atoms with E-state index in [1.165, 1.54) is 0 Å². The molecule has 0 fully saturated rings. The molecule has 0 saturated carbocycles. The second kappa shape index (κ2) is 10.7. The highest BCUT2D eigenvalue weighted by atomic mass is 16.5. The van der Waals surface area contributed by atoms with E-state index < -0.39 is 5.97 Å². The number of aryl methyl sites for hydroxylation is 2. The molecule has 0 spiro atoms. The fraction of sp³-hybridized carbons (Fsp3) is 0.280. The molecular formula is C25H26N4O5. The second-order valence-corrected chi connectivity index (χ2v) is 7.69. The number of rotatable bonds is 11. The normalized spacial score (nSPS) is 10.9. The van der Waals surface area contributed by atoms with Gasteiger partial charge in [0.1, 0.15) is 23.8 Å². The van der Waals surface area contributed by atoms with Gasteiger partial charge in [0, 0.05) is 29.9 Å². The SMILES string of the molecule is CCOc1nn(Cc2cncc(OCc3nc(-c4ccccc4)oc3C)c2)cc1CCC(=O)O. The molecule has 0 aliphatic carbocycles. The smallest absolute Gasteiger partial charge is 0.303 e. The van der Waals surface area contributed by atoms with Gasteiger partial charge in [-0.1, -0.05) is 18.2 Å². The lowest BCUT2D eigenvalue weighted by atomic mass is 10.2. The van der Waals surface area contributed by atoms with Gasteiger partial charge in [-0.05, 0) is 44.0 Å². The maximum atomic E-state index is 10.9. The first-order chi connectivity index (χ1) is 16.5. The largest absolute Gasteiger partial charge is 0.486 e. The van der Waals surface area contributed by atoms with Crippen LogP contribution in [0.2, 0.25) is 0 Å². The third-order valence-corrected chi connectivity index (χ3v) is 5.09. The molecule has 4 aromatic rings. The fourth-order valence-corrected chi connectivity index (χ4v) is 3.43. The van der Waals surface area contributed by atoms with Crippen LogP contribution in [0.15, 0.2) is 59.4 Å². The Balaban J connectivity index is 1.42. The molecule has 0 radical (unpaired) electrons. The molecule has 1 N–H and O–H groups in total. The van der Waals surface area contributed by atoms with Crippen LogP contribution in [0, 0.1) is 6.92 Å². The van der Waals surface area contributed by atoms with Crippen LogP contribution in [0.4, 0.5) is 0 Å². The summed E-state index contributed by atoms with van der Waals surface area (Å²) >= 11 is 0. The zero-order valence-corrected chi connectivity index (χ0v) is 19.1. The van der Waals surface area contributed by atoms with Gasteiger partial charge in [0.15, 0.2) is 0 Å². The van der Waals surface area contributed by atoms with Gasteiger partial charge < -0.3 is 19.0 Å². The number of hydrogen-bond acceptors (Lipinski definition) is 7. The number of carbonyl (C=O) groups is 1. The molecule has 3 aromatic heterocycles. The molecule has 9 nitrogen and oxygen atoms in total. The lowest BCUT2D eigenvalue weighted by molar-refractivity contribution is -0.136. The number of carboxylic acid groups (broad SMARTS) is 1. The Hall–Kier alpha value is -4.14. The summed E-state index contributed by atoms with van der Waals surface area (Å²) in [4.78, 5) is 19.8. The van der Waals surface area contributed by atoms with Crippen molar-refractivity contribution in [1.82, 2.24) is 19.7 Å². The summed E-state index contributed by atoms with van der Waals surface area (Å²) in [6.45, 7) is 4.88. The summed E-state index contributed by atoms with van der Waals surface area (Å²) in [5, 5.41) is 13.4. The summed E-state index contributed by atoms with van der Waals surface area (Å²) in [6, 6.07) is 11.6. The predicted octanol–water partition coefficient (Wildman–Crippen LogP) is 4.28. The summed E-state index contributed by atoms with van der Waals surface area (Å²) in [5.41, 5.74) is 3.28. The topological polar surface area (TPSA) is 113 Å². The maximum Gasteiger partial charge on any atom is 0.303 e. The Bertz CT molecular complexity index is 1250. The first-order valence-electron chi connectivity index (χ1n) is 11.0. The van der Waals surface area contributed by atoms with Crippen molar-refractivity contribution in [2.75, 3.05) is 6.61 Å². The predicted molar refractivity (Wildman–Crippen MR) is 124 cm³/mol. The van der Waals surface area contributed by atoms with Crippen LogP contribution < -0.4 is 9.47 Å². The molecule has 0 aliphatic rings. The van der Waals surface area contributed by atoms with Crippen molar-refractivity contribution < 1.29 is 23.8 Å². The molecule has 0 unspecified atom stereocenters. The first-order valence-corrected chi connectivity index (χ1v) is 11.0.